The van der Waals surface area contributed by atoms with Crippen molar-refractivity contribution in [3.63, 3.8) is 0 Å². The second kappa shape index (κ2) is 12.7. The maximum atomic E-state index is 11.5. The smallest absolute Gasteiger partial charge is 0.334 e. The molecule has 1 unspecified atom stereocenters. The number of rotatable bonds is 14. The SMILES string of the molecule is CC1C=C(CCCCCCCCCCCCCc2ccccc2)C(=O)O1. The molecule has 1 atom stereocenters. The minimum absolute atomic E-state index is 0.0177. The van der Waals surface area contributed by atoms with E-state index in [-0.39, 0.29) is 12.1 Å². The van der Waals surface area contributed by atoms with Gasteiger partial charge in [-0.1, -0.05) is 88.1 Å². The van der Waals surface area contributed by atoms with Crippen LogP contribution in [-0.4, -0.2) is 12.1 Å². The highest BCUT2D eigenvalue weighted by atomic mass is 16.5. The Labute approximate surface area is 160 Å². The summed E-state index contributed by atoms with van der Waals surface area (Å²) in [5, 5.41) is 0. The Morgan fingerprint density at radius 1 is 0.731 bits per heavy atom. The fourth-order valence-corrected chi connectivity index (χ4v) is 3.70. The molecule has 0 bridgehead atoms. The number of unbranched alkanes of at least 4 members (excludes halogenated alkanes) is 10. The maximum Gasteiger partial charge on any atom is 0.334 e. The number of cyclic esters (lactones) is 1. The Kier molecular flexibility index (Phi) is 10.2. The van der Waals surface area contributed by atoms with Gasteiger partial charge in [-0.15, -0.1) is 0 Å². The summed E-state index contributed by atoms with van der Waals surface area (Å²) in [7, 11) is 0. The normalized spacial score (nSPS) is 16.6. The van der Waals surface area contributed by atoms with Crippen molar-refractivity contribution in [1.29, 1.82) is 0 Å². The van der Waals surface area contributed by atoms with Gasteiger partial charge in [0.25, 0.3) is 0 Å². The molecule has 1 aliphatic heterocycles. The molecule has 0 N–H and O–H groups in total. The van der Waals surface area contributed by atoms with Crippen LogP contribution in [0.1, 0.15) is 89.5 Å². The van der Waals surface area contributed by atoms with Gasteiger partial charge >= 0.3 is 5.97 Å². The molecule has 0 saturated carbocycles. The van der Waals surface area contributed by atoms with Crippen molar-refractivity contribution >= 4 is 5.97 Å². The summed E-state index contributed by atoms with van der Waals surface area (Å²) in [4.78, 5) is 11.5. The molecule has 0 aliphatic carbocycles. The lowest BCUT2D eigenvalue weighted by Crippen LogP contribution is -2.03. The molecule has 2 heteroatoms. The van der Waals surface area contributed by atoms with Crippen LogP contribution in [0.2, 0.25) is 0 Å². The van der Waals surface area contributed by atoms with Gasteiger partial charge in [0.15, 0.2) is 0 Å². The lowest BCUT2D eigenvalue weighted by molar-refractivity contribution is -0.139. The van der Waals surface area contributed by atoms with Crippen LogP contribution in [0, 0.1) is 0 Å². The largest absolute Gasteiger partial charge is 0.455 e. The van der Waals surface area contributed by atoms with E-state index in [0.29, 0.717) is 0 Å². The highest BCUT2D eigenvalue weighted by Crippen LogP contribution is 2.20. The number of hydrogen-bond acceptors (Lipinski definition) is 2. The van der Waals surface area contributed by atoms with Crippen LogP contribution in [0.25, 0.3) is 0 Å². The van der Waals surface area contributed by atoms with E-state index in [1.54, 1.807) is 0 Å². The van der Waals surface area contributed by atoms with E-state index >= 15 is 0 Å². The zero-order chi connectivity index (χ0) is 18.5. The molecule has 0 radical (unpaired) electrons. The van der Waals surface area contributed by atoms with Crippen LogP contribution in [0.5, 0.6) is 0 Å². The summed E-state index contributed by atoms with van der Waals surface area (Å²) >= 11 is 0. The Morgan fingerprint density at radius 3 is 1.73 bits per heavy atom. The number of carbonyl (C=O) groups is 1. The van der Waals surface area contributed by atoms with Crippen LogP contribution in [0.4, 0.5) is 0 Å². The fourth-order valence-electron chi connectivity index (χ4n) is 3.70. The van der Waals surface area contributed by atoms with Crippen molar-refractivity contribution in [3.8, 4) is 0 Å². The van der Waals surface area contributed by atoms with E-state index in [0.717, 1.165) is 18.4 Å². The Balaban J connectivity index is 1.31. The summed E-state index contributed by atoms with van der Waals surface area (Å²) in [6.45, 7) is 1.92. The summed E-state index contributed by atoms with van der Waals surface area (Å²) in [6, 6.07) is 10.8. The van der Waals surface area contributed by atoms with Gasteiger partial charge in [0.1, 0.15) is 6.10 Å². The molecule has 26 heavy (non-hydrogen) atoms. The molecule has 0 spiro atoms. The van der Waals surface area contributed by atoms with E-state index in [2.05, 4.69) is 30.3 Å². The van der Waals surface area contributed by atoms with E-state index in [9.17, 15) is 4.79 Å². The summed E-state index contributed by atoms with van der Waals surface area (Å²) in [6.07, 6.45) is 18.7. The van der Waals surface area contributed by atoms with Gasteiger partial charge in [0.2, 0.25) is 0 Å². The van der Waals surface area contributed by atoms with E-state index in [4.69, 9.17) is 4.74 Å². The van der Waals surface area contributed by atoms with Gasteiger partial charge in [-0.05, 0) is 44.2 Å². The van der Waals surface area contributed by atoms with Gasteiger partial charge in [0.05, 0.1) is 0 Å². The molecule has 1 aliphatic rings. The molecule has 2 rings (SSSR count). The summed E-state index contributed by atoms with van der Waals surface area (Å²) < 4.78 is 5.12. The van der Waals surface area contributed by atoms with Gasteiger partial charge in [-0.2, -0.15) is 0 Å². The molecule has 0 amide bonds. The van der Waals surface area contributed by atoms with Crippen molar-refractivity contribution in [2.45, 2.75) is 96.5 Å². The maximum absolute atomic E-state index is 11.5. The molecule has 144 valence electrons. The molecule has 0 aromatic heterocycles. The number of carbonyl (C=O) groups excluding carboxylic acids is 1. The van der Waals surface area contributed by atoms with Crippen LogP contribution >= 0.6 is 0 Å². The zero-order valence-corrected chi connectivity index (χ0v) is 16.6. The first-order chi connectivity index (χ1) is 12.8. The quantitative estimate of drug-likeness (QED) is 0.271. The highest BCUT2D eigenvalue weighted by molar-refractivity contribution is 5.90. The molecule has 0 fully saturated rings. The highest BCUT2D eigenvalue weighted by Gasteiger charge is 2.20. The minimum atomic E-state index is -0.0960. The van der Waals surface area contributed by atoms with Crippen LogP contribution in [0.15, 0.2) is 42.0 Å². The van der Waals surface area contributed by atoms with E-state index in [1.165, 1.54) is 76.2 Å². The first kappa shape index (κ1) is 20.7. The lowest BCUT2D eigenvalue weighted by Gasteiger charge is -2.04. The molecule has 2 nitrogen and oxygen atoms in total. The van der Waals surface area contributed by atoms with Crippen molar-refractivity contribution in [2.75, 3.05) is 0 Å². The predicted molar refractivity (Wildman–Crippen MR) is 109 cm³/mol. The van der Waals surface area contributed by atoms with E-state index < -0.39 is 0 Å². The molecule has 1 aromatic rings. The standard InChI is InChI=1S/C24H36O2/c1-21-20-23(24(25)26-21)19-15-10-8-6-4-2-3-5-7-9-12-16-22-17-13-11-14-18-22/h11,13-14,17-18,20-21H,2-10,12,15-16,19H2,1H3. The van der Waals surface area contributed by atoms with Crippen molar-refractivity contribution in [1.82, 2.24) is 0 Å². The molecule has 1 aromatic carbocycles. The second-order valence-electron chi connectivity index (χ2n) is 7.68. The molecule has 0 saturated heterocycles. The Morgan fingerprint density at radius 2 is 1.23 bits per heavy atom. The number of ether oxygens (including phenoxy) is 1. The predicted octanol–water partition coefficient (Wildman–Crippen LogP) is 6.78. The molecule has 1 heterocycles. The van der Waals surface area contributed by atoms with Crippen LogP contribution < -0.4 is 0 Å². The number of aryl methyl sites for hydroxylation is 1. The van der Waals surface area contributed by atoms with Gasteiger partial charge < -0.3 is 4.74 Å². The monoisotopic (exact) mass is 356 g/mol. The number of esters is 1. The number of benzene rings is 1. The van der Waals surface area contributed by atoms with Crippen LogP contribution in [-0.2, 0) is 16.0 Å². The van der Waals surface area contributed by atoms with E-state index in [1.807, 2.05) is 13.0 Å². The van der Waals surface area contributed by atoms with Crippen LogP contribution in [0.3, 0.4) is 0 Å². The Hall–Kier alpha value is -1.57. The molecular formula is C24H36O2. The summed E-state index contributed by atoms with van der Waals surface area (Å²) in [5.74, 6) is -0.0960. The Bertz CT molecular complexity index is 532. The second-order valence-corrected chi connectivity index (χ2v) is 7.68. The average molecular weight is 357 g/mol. The summed E-state index contributed by atoms with van der Waals surface area (Å²) in [5.41, 5.74) is 2.37. The number of hydrogen-bond donors (Lipinski definition) is 0. The van der Waals surface area contributed by atoms with Crippen molar-refractivity contribution < 1.29 is 9.53 Å². The van der Waals surface area contributed by atoms with Crippen molar-refractivity contribution in [2.24, 2.45) is 0 Å². The minimum Gasteiger partial charge on any atom is -0.455 e. The van der Waals surface area contributed by atoms with Gasteiger partial charge in [0, 0.05) is 5.57 Å². The first-order valence-corrected chi connectivity index (χ1v) is 10.7. The lowest BCUT2D eigenvalue weighted by atomic mass is 10.0. The zero-order valence-electron chi connectivity index (χ0n) is 16.6. The van der Waals surface area contributed by atoms with Gasteiger partial charge in [-0.3, -0.25) is 0 Å². The molecular weight excluding hydrogens is 320 g/mol. The fraction of sp³-hybridized carbons (Fsp3) is 0.625. The van der Waals surface area contributed by atoms with Gasteiger partial charge in [-0.25, -0.2) is 4.79 Å². The third-order valence-electron chi connectivity index (χ3n) is 5.25. The van der Waals surface area contributed by atoms with Crippen molar-refractivity contribution in [3.05, 3.63) is 47.5 Å². The third kappa shape index (κ3) is 8.69. The average Bonchev–Trinajstić information content (AvgIpc) is 2.97. The first-order valence-electron chi connectivity index (χ1n) is 10.7. The topological polar surface area (TPSA) is 26.3 Å². The third-order valence-corrected chi connectivity index (χ3v) is 5.25.